The number of imidazole rings is 1. The summed E-state index contributed by atoms with van der Waals surface area (Å²) in [5, 5.41) is 0. The smallest absolute Gasteiger partial charge is 0.128 e. The molecule has 1 aromatic carbocycles. The van der Waals surface area contributed by atoms with Crippen molar-refractivity contribution >= 4 is 0 Å². The highest BCUT2D eigenvalue weighted by molar-refractivity contribution is 5.67. The first-order valence-corrected chi connectivity index (χ1v) is 6.54. The number of benzene rings is 1. The third-order valence-corrected chi connectivity index (χ3v) is 3.11. The summed E-state index contributed by atoms with van der Waals surface area (Å²) >= 11 is 0. The van der Waals surface area contributed by atoms with Crippen LogP contribution in [-0.4, -0.2) is 23.1 Å². The van der Waals surface area contributed by atoms with Crippen molar-refractivity contribution in [1.29, 1.82) is 0 Å². The predicted octanol–water partition coefficient (Wildman–Crippen LogP) is 2.67. The number of aromatic nitrogens is 2. The van der Waals surface area contributed by atoms with Crippen molar-refractivity contribution in [3.05, 3.63) is 35.8 Å². The Labute approximate surface area is 114 Å². The number of H-pyrrole nitrogens is 1. The van der Waals surface area contributed by atoms with Crippen molar-refractivity contribution in [3.8, 4) is 17.0 Å². The van der Waals surface area contributed by atoms with E-state index in [-0.39, 0.29) is 6.04 Å². The van der Waals surface area contributed by atoms with E-state index in [1.807, 2.05) is 25.3 Å². The van der Waals surface area contributed by atoms with Gasteiger partial charge in [0.15, 0.2) is 0 Å². The van der Waals surface area contributed by atoms with Gasteiger partial charge in [-0.3, -0.25) is 0 Å². The summed E-state index contributed by atoms with van der Waals surface area (Å²) in [6, 6.07) is 6.31. The van der Waals surface area contributed by atoms with Gasteiger partial charge in [-0.15, -0.1) is 0 Å². The van der Waals surface area contributed by atoms with E-state index in [1.54, 1.807) is 7.11 Å². The molecule has 0 saturated carbocycles. The van der Waals surface area contributed by atoms with Crippen LogP contribution in [0.4, 0.5) is 0 Å². The molecule has 0 aliphatic heterocycles. The summed E-state index contributed by atoms with van der Waals surface area (Å²) < 4.78 is 5.39. The zero-order chi connectivity index (χ0) is 13.8. The Kier molecular flexibility index (Phi) is 4.22. The Morgan fingerprint density at radius 2 is 2.21 bits per heavy atom. The van der Waals surface area contributed by atoms with Gasteiger partial charge in [-0.05, 0) is 32.4 Å². The Balaban J connectivity index is 2.24. The van der Waals surface area contributed by atoms with Crippen LogP contribution in [0.3, 0.4) is 0 Å². The number of nitrogens with one attached hydrogen (secondary N) is 1. The van der Waals surface area contributed by atoms with Gasteiger partial charge in [-0.25, -0.2) is 4.98 Å². The van der Waals surface area contributed by atoms with Gasteiger partial charge in [0.1, 0.15) is 11.6 Å². The van der Waals surface area contributed by atoms with E-state index in [9.17, 15) is 0 Å². The fourth-order valence-corrected chi connectivity index (χ4v) is 2.02. The number of methoxy groups -OCH3 is 1. The van der Waals surface area contributed by atoms with Crippen LogP contribution in [0.2, 0.25) is 0 Å². The minimum Gasteiger partial charge on any atom is -0.496 e. The van der Waals surface area contributed by atoms with E-state index < -0.39 is 0 Å². The highest BCUT2D eigenvalue weighted by atomic mass is 16.5. The molecular formula is C15H21N3O. The molecule has 1 aromatic heterocycles. The molecule has 2 aromatic rings. The highest BCUT2D eigenvalue weighted by Crippen LogP contribution is 2.29. The van der Waals surface area contributed by atoms with Gasteiger partial charge in [0.2, 0.25) is 0 Å². The van der Waals surface area contributed by atoms with E-state index in [1.165, 1.54) is 5.56 Å². The van der Waals surface area contributed by atoms with Crippen molar-refractivity contribution in [1.82, 2.24) is 9.97 Å². The third-order valence-electron chi connectivity index (χ3n) is 3.11. The van der Waals surface area contributed by atoms with Crippen LogP contribution in [0.5, 0.6) is 5.75 Å². The standard InChI is InChI=1S/C15H21N3O/c1-10-4-6-14(19-3)12(8-10)13-9-17-15(18-13)7-5-11(2)16/h4,6,8-9,11H,5,7,16H2,1-3H3,(H,17,18). The maximum Gasteiger partial charge on any atom is 0.128 e. The van der Waals surface area contributed by atoms with Gasteiger partial charge in [-0.2, -0.15) is 0 Å². The molecule has 0 fully saturated rings. The first-order valence-electron chi connectivity index (χ1n) is 6.54. The Hall–Kier alpha value is -1.81. The average Bonchev–Trinajstić information content (AvgIpc) is 2.85. The Morgan fingerprint density at radius 1 is 1.42 bits per heavy atom. The van der Waals surface area contributed by atoms with Crippen LogP contribution in [0, 0.1) is 6.92 Å². The van der Waals surface area contributed by atoms with Gasteiger partial charge < -0.3 is 15.5 Å². The first kappa shape index (κ1) is 13.6. The lowest BCUT2D eigenvalue weighted by atomic mass is 10.1. The minimum atomic E-state index is 0.196. The summed E-state index contributed by atoms with van der Waals surface area (Å²) in [5.41, 5.74) is 8.99. The predicted molar refractivity (Wildman–Crippen MR) is 77.3 cm³/mol. The molecule has 0 aliphatic rings. The topological polar surface area (TPSA) is 63.9 Å². The number of aryl methyl sites for hydroxylation is 2. The molecule has 0 saturated heterocycles. The first-order chi connectivity index (χ1) is 9.10. The Morgan fingerprint density at radius 3 is 2.89 bits per heavy atom. The monoisotopic (exact) mass is 259 g/mol. The van der Waals surface area contributed by atoms with Crippen LogP contribution >= 0.6 is 0 Å². The molecule has 19 heavy (non-hydrogen) atoms. The number of nitrogens with two attached hydrogens (primary N) is 1. The van der Waals surface area contributed by atoms with Crippen molar-refractivity contribution in [3.63, 3.8) is 0 Å². The largest absolute Gasteiger partial charge is 0.496 e. The van der Waals surface area contributed by atoms with E-state index in [2.05, 4.69) is 23.0 Å². The molecule has 102 valence electrons. The van der Waals surface area contributed by atoms with Crippen molar-refractivity contribution < 1.29 is 4.74 Å². The molecule has 1 atom stereocenters. The van der Waals surface area contributed by atoms with E-state index >= 15 is 0 Å². The van der Waals surface area contributed by atoms with Gasteiger partial charge >= 0.3 is 0 Å². The lowest BCUT2D eigenvalue weighted by Crippen LogP contribution is -2.15. The number of hydrogen-bond acceptors (Lipinski definition) is 3. The number of hydrogen-bond donors (Lipinski definition) is 2. The summed E-state index contributed by atoms with van der Waals surface area (Å²) in [6.07, 6.45) is 3.65. The van der Waals surface area contributed by atoms with Gasteiger partial charge in [-0.1, -0.05) is 11.6 Å². The maximum atomic E-state index is 5.76. The van der Waals surface area contributed by atoms with Gasteiger partial charge in [0.05, 0.1) is 19.0 Å². The number of ether oxygens (including phenoxy) is 1. The second kappa shape index (κ2) is 5.89. The summed E-state index contributed by atoms with van der Waals surface area (Å²) in [5.74, 6) is 1.82. The fourth-order valence-electron chi connectivity index (χ4n) is 2.02. The number of aromatic amines is 1. The van der Waals surface area contributed by atoms with E-state index in [0.29, 0.717) is 0 Å². The summed E-state index contributed by atoms with van der Waals surface area (Å²) in [7, 11) is 1.68. The second-order valence-electron chi connectivity index (χ2n) is 4.96. The van der Waals surface area contributed by atoms with Gasteiger partial charge in [0, 0.05) is 18.0 Å². The Bertz CT molecular complexity index is 546. The zero-order valence-electron chi connectivity index (χ0n) is 11.7. The third kappa shape index (κ3) is 3.35. The molecule has 1 unspecified atom stereocenters. The fraction of sp³-hybridized carbons (Fsp3) is 0.400. The van der Waals surface area contributed by atoms with Gasteiger partial charge in [0.25, 0.3) is 0 Å². The molecule has 4 heteroatoms. The number of rotatable bonds is 5. The van der Waals surface area contributed by atoms with E-state index in [0.717, 1.165) is 35.7 Å². The summed E-state index contributed by atoms with van der Waals surface area (Å²) in [4.78, 5) is 7.74. The van der Waals surface area contributed by atoms with Crippen LogP contribution in [0.25, 0.3) is 11.3 Å². The molecule has 0 bridgehead atoms. The van der Waals surface area contributed by atoms with Crippen molar-refractivity contribution in [2.45, 2.75) is 32.7 Å². The lowest BCUT2D eigenvalue weighted by Gasteiger charge is -2.07. The van der Waals surface area contributed by atoms with Crippen molar-refractivity contribution in [2.75, 3.05) is 7.11 Å². The van der Waals surface area contributed by atoms with Crippen LogP contribution < -0.4 is 10.5 Å². The molecule has 0 aliphatic carbocycles. The normalized spacial score (nSPS) is 12.4. The van der Waals surface area contributed by atoms with E-state index in [4.69, 9.17) is 10.5 Å². The molecule has 3 N–H and O–H groups in total. The summed E-state index contributed by atoms with van der Waals surface area (Å²) in [6.45, 7) is 4.07. The zero-order valence-corrected chi connectivity index (χ0v) is 11.7. The second-order valence-corrected chi connectivity index (χ2v) is 4.96. The molecule has 0 spiro atoms. The molecule has 4 nitrogen and oxygen atoms in total. The van der Waals surface area contributed by atoms with Crippen molar-refractivity contribution in [2.24, 2.45) is 5.73 Å². The quantitative estimate of drug-likeness (QED) is 0.867. The minimum absolute atomic E-state index is 0.196. The molecule has 1 heterocycles. The molecular weight excluding hydrogens is 238 g/mol. The molecule has 0 amide bonds. The van der Waals surface area contributed by atoms with Crippen LogP contribution in [0.15, 0.2) is 24.4 Å². The van der Waals surface area contributed by atoms with Crippen LogP contribution in [0.1, 0.15) is 24.7 Å². The highest BCUT2D eigenvalue weighted by Gasteiger charge is 2.09. The van der Waals surface area contributed by atoms with Crippen LogP contribution in [-0.2, 0) is 6.42 Å². The molecule has 2 rings (SSSR count). The average molecular weight is 259 g/mol. The lowest BCUT2D eigenvalue weighted by molar-refractivity contribution is 0.416. The molecule has 0 radical (unpaired) electrons. The number of nitrogens with zero attached hydrogens (tertiary/aromatic N) is 1. The maximum absolute atomic E-state index is 5.76. The SMILES string of the molecule is COc1ccc(C)cc1-c1cnc(CCC(C)N)[nH]1.